The van der Waals surface area contributed by atoms with Gasteiger partial charge in [-0.2, -0.15) is 0 Å². The average molecular weight is 267 g/mol. The Hall–Kier alpha value is -1.62. The molecule has 1 atom stereocenters. The Balaban J connectivity index is 2.72. The summed E-state index contributed by atoms with van der Waals surface area (Å²) in [7, 11) is 0. The molecule has 1 aromatic rings. The minimum Gasteiger partial charge on any atom is -0.480 e. The molecular formula is C13H17NO3S. The average Bonchev–Trinajstić information content (AvgIpc) is 2.82. The minimum atomic E-state index is -1.01. The number of aryl methyl sites for hydroxylation is 1. The fourth-order valence-corrected chi connectivity index (χ4v) is 2.48. The first-order chi connectivity index (χ1) is 8.60. The molecule has 5 heteroatoms. The summed E-state index contributed by atoms with van der Waals surface area (Å²) in [4.78, 5) is 23.6. The highest BCUT2D eigenvalue weighted by Crippen LogP contribution is 2.17. The van der Waals surface area contributed by atoms with E-state index in [1.54, 1.807) is 6.08 Å². The summed E-state index contributed by atoms with van der Waals surface area (Å²) >= 11 is 1.33. The molecule has 1 unspecified atom stereocenters. The van der Waals surface area contributed by atoms with Crippen LogP contribution in [0.5, 0.6) is 0 Å². The number of amides is 1. The fourth-order valence-electron chi connectivity index (χ4n) is 1.58. The second kappa shape index (κ2) is 6.96. The Morgan fingerprint density at radius 3 is 2.89 bits per heavy atom. The molecule has 2 N–H and O–H groups in total. The molecule has 0 aliphatic heterocycles. The van der Waals surface area contributed by atoms with E-state index in [2.05, 4.69) is 11.9 Å². The molecule has 0 spiro atoms. The van der Waals surface area contributed by atoms with Crippen LogP contribution in [0.1, 0.15) is 35.0 Å². The van der Waals surface area contributed by atoms with Crippen molar-refractivity contribution < 1.29 is 14.7 Å². The number of allylic oxidation sites excluding steroid dienone is 1. The standard InChI is InChI=1S/C13H17NO3S/c1-3-5-6-10(13(16)17)14-12(15)11-9(4-2)7-8-18-11/h3,7-8,10H,1,4-6H2,2H3,(H,14,15)(H,16,17). The van der Waals surface area contributed by atoms with Crippen LogP contribution in [0.3, 0.4) is 0 Å². The molecule has 0 fully saturated rings. The van der Waals surface area contributed by atoms with E-state index < -0.39 is 12.0 Å². The van der Waals surface area contributed by atoms with Crippen molar-refractivity contribution in [2.75, 3.05) is 0 Å². The van der Waals surface area contributed by atoms with E-state index in [1.165, 1.54) is 11.3 Å². The van der Waals surface area contributed by atoms with E-state index >= 15 is 0 Å². The van der Waals surface area contributed by atoms with Gasteiger partial charge >= 0.3 is 5.97 Å². The summed E-state index contributed by atoms with van der Waals surface area (Å²) in [5, 5.41) is 13.4. The summed E-state index contributed by atoms with van der Waals surface area (Å²) in [6.07, 6.45) is 3.32. The first-order valence-electron chi connectivity index (χ1n) is 5.81. The van der Waals surface area contributed by atoms with Gasteiger partial charge in [0.25, 0.3) is 5.91 Å². The SMILES string of the molecule is C=CCCC(NC(=O)c1sccc1CC)C(=O)O. The van der Waals surface area contributed by atoms with Crippen LogP contribution in [0.2, 0.25) is 0 Å². The summed E-state index contributed by atoms with van der Waals surface area (Å²) in [5.41, 5.74) is 0.949. The molecule has 1 rings (SSSR count). The lowest BCUT2D eigenvalue weighted by Crippen LogP contribution is -2.40. The molecule has 98 valence electrons. The summed E-state index contributed by atoms with van der Waals surface area (Å²) in [5.74, 6) is -1.32. The third-order valence-corrected chi connectivity index (χ3v) is 3.55. The fraction of sp³-hybridized carbons (Fsp3) is 0.385. The predicted molar refractivity (Wildman–Crippen MR) is 72.0 cm³/mol. The van der Waals surface area contributed by atoms with Crippen molar-refractivity contribution in [1.82, 2.24) is 5.32 Å². The largest absolute Gasteiger partial charge is 0.480 e. The molecule has 0 saturated carbocycles. The number of rotatable bonds is 7. The van der Waals surface area contributed by atoms with Crippen LogP contribution in [0.15, 0.2) is 24.1 Å². The maximum atomic E-state index is 12.0. The van der Waals surface area contributed by atoms with Crippen molar-refractivity contribution in [2.24, 2.45) is 0 Å². The first-order valence-corrected chi connectivity index (χ1v) is 6.69. The zero-order valence-electron chi connectivity index (χ0n) is 10.3. The lowest BCUT2D eigenvalue weighted by Gasteiger charge is -2.13. The molecule has 1 amide bonds. The minimum absolute atomic E-state index is 0.307. The van der Waals surface area contributed by atoms with Crippen molar-refractivity contribution in [2.45, 2.75) is 32.2 Å². The molecule has 0 saturated heterocycles. The molecule has 0 aliphatic rings. The Morgan fingerprint density at radius 2 is 2.33 bits per heavy atom. The zero-order valence-corrected chi connectivity index (χ0v) is 11.1. The van der Waals surface area contributed by atoms with Crippen LogP contribution in [0.25, 0.3) is 0 Å². The summed E-state index contributed by atoms with van der Waals surface area (Å²) in [6.45, 7) is 5.51. The van der Waals surface area contributed by atoms with Gasteiger partial charge in [-0.25, -0.2) is 4.79 Å². The van der Waals surface area contributed by atoms with Gasteiger partial charge in [-0.05, 0) is 36.3 Å². The van der Waals surface area contributed by atoms with Gasteiger partial charge in [0.05, 0.1) is 4.88 Å². The van der Waals surface area contributed by atoms with Gasteiger partial charge in [-0.15, -0.1) is 17.9 Å². The third-order valence-electron chi connectivity index (χ3n) is 2.60. The lowest BCUT2D eigenvalue weighted by atomic mass is 10.1. The highest BCUT2D eigenvalue weighted by molar-refractivity contribution is 7.12. The number of carbonyl (C=O) groups excluding carboxylic acids is 1. The van der Waals surface area contributed by atoms with E-state index in [9.17, 15) is 9.59 Å². The molecule has 0 radical (unpaired) electrons. The van der Waals surface area contributed by atoms with Crippen LogP contribution in [0, 0.1) is 0 Å². The van der Waals surface area contributed by atoms with Gasteiger partial charge in [0.15, 0.2) is 0 Å². The Morgan fingerprint density at radius 1 is 1.61 bits per heavy atom. The molecule has 1 aromatic heterocycles. The van der Waals surface area contributed by atoms with Crippen molar-refractivity contribution in [1.29, 1.82) is 0 Å². The van der Waals surface area contributed by atoms with E-state index in [1.807, 2.05) is 18.4 Å². The molecule has 1 heterocycles. The van der Waals surface area contributed by atoms with E-state index in [0.29, 0.717) is 17.7 Å². The maximum Gasteiger partial charge on any atom is 0.326 e. The quantitative estimate of drug-likeness (QED) is 0.746. The van der Waals surface area contributed by atoms with Crippen LogP contribution in [-0.4, -0.2) is 23.0 Å². The normalized spacial score (nSPS) is 11.8. The number of carboxylic acids is 1. The van der Waals surface area contributed by atoms with Gasteiger partial charge in [-0.3, -0.25) is 4.79 Å². The number of carbonyl (C=O) groups is 2. The molecule has 4 nitrogen and oxygen atoms in total. The molecule has 0 aliphatic carbocycles. The summed E-state index contributed by atoms with van der Waals surface area (Å²) in [6, 6.07) is 1.03. The number of hydrogen-bond donors (Lipinski definition) is 2. The van der Waals surface area contributed by atoms with Gasteiger partial charge in [0.2, 0.25) is 0 Å². The van der Waals surface area contributed by atoms with Crippen LogP contribution in [0.4, 0.5) is 0 Å². The van der Waals surface area contributed by atoms with Crippen molar-refractivity contribution in [3.8, 4) is 0 Å². The predicted octanol–water partition coefficient (Wildman–Crippen LogP) is 2.46. The highest BCUT2D eigenvalue weighted by atomic mass is 32.1. The Bertz CT molecular complexity index is 439. The summed E-state index contributed by atoms with van der Waals surface area (Å²) < 4.78 is 0. The van der Waals surface area contributed by atoms with Gasteiger partial charge in [0, 0.05) is 0 Å². The number of hydrogen-bond acceptors (Lipinski definition) is 3. The van der Waals surface area contributed by atoms with E-state index in [-0.39, 0.29) is 5.91 Å². The van der Waals surface area contributed by atoms with Crippen molar-refractivity contribution in [3.63, 3.8) is 0 Å². The van der Waals surface area contributed by atoms with Gasteiger partial charge in [0.1, 0.15) is 6.04 Å². The van der Waals surface area contributed by atoms with Gasteiger partial charge in [-0.1, -0.05) is 13.0 Å². The molecular weight excluding hydrogens is 250 g/mol. The maximum absolute atomic E-state index is 12.0. The monoisotopic (exact) mass is 267 g/mol. The molecule has 0 bridgehead atoms. The molecule has 0 aromatic carbocycles. The molecule has 18 heavy (non-hydrogen) atoms. The van der Waals surface area contributed by atoms with E-state index in [4.69, 9.17) is 5.11 Å². The van der Waals surface area contributed by atoms with Crippen LogP contribution >= 0.6 is 11.3 Å². The Kier molecular flexibility index (Phi) is 5.58. The lowest BCUT2D eigenvalue weighted by molar-refractivity contribution is -0.139. The number of thiophene rings is 1. The van der Waals surface area contributed by atoms with Crippen LogP contribution < -0.4 is 5.32 Å². The third kappa shape index (κ3) is 3.70. The first kappa shape index (κ1) is 14.4. The van der Waals surface area contributed by atoms with E-state index in [0.717, 1.165) is 12.0 Å². The Labute approximate surface area is 110 Å². The highest BCUT2D eigenvalue weighted by Gasteiger charge is 2.21. The number of nitrogens with one attached hydrogen (secondary N) is 1. The number of carboxylic acid groups (broad SMARTS) is 1. The second-order valence-corrected chi connectivity index (χ2v) is 4.77. The topological polar surface area (TPSA) is 66.4 Å². The van der Waals surface area contributed by atoms with Crippen molar-refractivity contribution in [3.05, 3.63) is 34.5 Å². The van der Waals surface area contributed by atoms with Gasteiger partial charge < -0.3 is 10.4 Å². The smallest absolute Gasteiger partial charge is 0.326 e. The van der Waals surface area contributed by atoms with Crippen LogP contribution in [-0.2, 0) is 11.2 Å². The second-order valence-electron chi connectivity index (χ2n) is 3.86. The zero-order chi connectivity index (χ0) is 13.5. The van der Waals surface area contributed by atoms with Crippen molar-refractivity contribution >= 4 is 23.2 Å². The number of aliphatic carboxylic acids is 1.